The van der Waals surface area contributed by atoms with Gasteiger partial charge in [0.2, 0.25) is 0 Å². The molecule has 0 aliphatic carbocycles. The fourth-order valence-electron chi connectivity index (χ4n) is 3.91. The van der Waals surface area contributed by atoms with Gasteiger partial charge < -0.3 is 5.32 Å². The van der Waals surface area contributed by atoms with E-state index in [1.165, 1.54) is 22.3 Å². The van der Waals surface area contributed by atoms with Crippen molar-refractivity contribution < 1.29 is 0 Å². The van der Waals surface area contributed by atoms with Gasteiger partial charge in [-0.05, 0) is 70.1 Å². The average Bonchev–Trinajstić information content (AvgIpc) is 2.08. The van der Waals surface area contributed by atoms with E-state index < -0.39 is 0 Å². The molecule has 20 heavy (non-hydrogen) atoms. The third-order valence-electron chi connectivity index (χ3n) is 3.75. The van der Waals surface area contributed by atoms with E-state index in [9.17, 15) is 0 Å². The lowest BCUT2D eigenvalue weighted by atomic mass is 9.81. The van der Waals surface area contributed by atoms with Crippen LogP contribution in [0.4, 0.5) is 0 Å². The molecule has 0 saturated carbocycles. The molecule has 0 aromatic heterocycles. The van der Waals surface area contributed by atoms with Crippen LogP contribution in [0.3, 0.4) is 0 Å². The predicted molar refractivity (Wildman–Crippen MR) is 90.4 cm³/mol. The van der Waals surface area contributed by atoms with E-state index in [-0.39, 0.29) is 5.54 Å². The Morgan fingerprint density at radius 1 is 0.950 bits per heavy atom. The SMILES string of the molecule is Cc1cc(C)c(C(C)NC(C)(C)CC(C)(C)C)c(C)c1. The van der Waals surface area contributed by atoms with Crippen molar-refractivity contribution in [2.45, 2.75) is 80.3 Å². The Balaban J connectivity index is 2.94. The maximum absolute atomic E-state index is 3.83. The van der Waals surface area contributed by atoms with Crippen LogP contribution in [0.15, 0.2) is 12.1 Å². The van der Waals surface area contributed by atoms with Gasteiger partial charge in [0, 0.05) is 11.6 Å². The van der Waals surface area contributed by atoms with Crippen LogP contribution >= 0.6 is 0 Å². The first-order chi connectivity index (χ1) is 8.91. The van der Waals surface area contributed by atoms with E-state index in [4.69, 9.17) is 0 Å². The highest BCUT2D eigenvalue weighted by Crippen LogP contribution is 2.30. The van der Waals surface area contributed by atoms with Gasteiger partial charge in [-0.2, -0.15) is 0 Å². The second-order valence-corrected chi connectivity index (χ2v) is 8.30. The topological polar surface area (TPSA) is 12.0 Å². The fourth-order valence-corrected chi connectivity index (χ4v) is 3.91. The minimum atomic E-state index is 0.140. The van der Waals surface area contributed by atoms with Gasteiger partial charge in [-0.25, -0.2) is 0 Å². The molecule has 0 aliphatic rings. The molecule has 1 N–H and O–H groups in total. The number of nitrogens with one attached hydrogen (secondary N) is 1. The Kier molecular flexibility index (Phi) is 5.08. The van der Waals surface area contributed by atoms with Gasteiger partial charge in [0.15, 0.2) is 0 Å². The highest BCUT2D eigenvalue weighted by atomic mass is 15.0. The molecule has 1 aromatic rings. The average molecular weight is 275 g/mol. The zero-order valence-electron chi connectivity index (χ0n) is 14.9. The minimum Gasteiger partial charge on any atom is -0.305 e. The Bertz CT molecular complexity index is 440. The van der Waals surface area contributed by atoms with Crippen LogP contribution in [0.25, 0.3) is 0 Å². The molecule has 0 aliphatic heterocycles. The molecule has 0 heterocycles. The van der Waals surface area contributed by atoms with Crippen molar-refractivity contribution in [3.63, 3.8) is 0 Å². The summed E-state index contributed by atoms with van der Waals surface area (Å²) >= 11 is 0. The molecule has 0 amide bonds. The van der Waals surface area contributed by atoms with Crippen molar-refractivity contribution in [2.75, 3.05) is 0 Å². The second kappa shape index (κ2) is 5.89. The van der Waals surface area contributed by atoms with Gasteiger partial charge in [0.05, 0.1) is 0 Å². The van der Waals surface area contributed by atoms with E-state index in [2.05, 4.69) is 79.8 Å². The zero-order chi connectivity index (χ0) is 15.7. The van der Waals surface area contributed by atoms with Crippen molar-refractivity contribution in [3.8, 4) is 0 Å². The number of hydrogen-bond donors (Lipinski definition) is 1. The van der Waals surface area contributed by atoms with Crippen LogP contribution in [0.1, 0.15) is 76.3 Å². The summed E-state index contributed by atoms with van der Waals surface area (Å²) in [6, 6.07) is 4.96. The smallest absolute Gasteiger partial charge is 0.0301 e. The monoisotopic (exact) mass is 275 g/mol. The van der Waals surface area contributed by atoms with E-state index in [1.54, 1.807) is 0 Å². The molecule has 1 atom stereocenters. The predicted octanol–water partition coefficient (Wildman–Crippen LogP) is 5.48. The third kappa shape index (κ3) is 4.94. The van der Waals surface area contributed by atoms with Crippen molar-refractivity contribution >= 4 is 0 Å². The van der Waals surface area contributed by atoms with Gasteiger partial charge in [-0.1, -0.05) is 38.5 Å². The lowest BCUT2D eigenvalue weighted by Crippen LogP contribution is -2.43. The van der Waals surface area contributed by atoms with E-state index >= 15 is 0 Å². The Labute approximate surface area is 126 Å². The summed E-state index contributed by atoms with van der Waals surface area (Å²) in [7, 11) is 0. The molecule has 0 saturated heterocycles. The summed E-state index contributed by atoms with van der Waals surface area (Å²) in [6.45, 7) is 20.5. The molecule has 1 unspecified atom stereocenters. The molecule has 114 valence electrons. The van der Waals surface area contributed by atoms with E-state index in [0.717, 1.165) is 6.42 Å². The molecule has 1 heteroatoms. The lowest BCUT2D eigenvalue weighted by molar-refractivity contribution is 0.226. The first-order valence-electron chi connectivity index (χ1n) is 7.77. The van der Waals surface area contributed by atoms with Gasteiger partial charge >= 0.3 is 0 Å². The van der Waals surface area contributed by atoms with Crippen LogP contribution in [0.5, 0.6) is 0 Å². The highest BCUT2D eigenvalue weighted by molar-refractivity contribution is 5.39. The standard InChI is InChI=1S/C19H33N/c1-13-10-14(2)17(15(3)11-13)16(4)20-19(8,9)12-18(5,6)7/h10-11,16,20H,12H2,1-9H3. The first kappa shape index (κ1) is 17.2. The van der Waals surface area contributed by atoms with Crippen molar-refractivity contribution in [2.24, 2.45) is 5.41 Å². The molecule has 0 radical (unpaired) electrons. The van der Waals surface area contributed by atoms with Crippen molar-refractivity contribution in [1.29, 1.82) is 0 Å². The molecule has 1 nitrogen and oxygen atoms in total. The lowest BCUT2D eigenvalue weighted by Gasteiger charge is -2.36. The molecule has 0 bridgehead atoms. The van der Waals surface area contributed by atoms with Crippen LogP contribution in [0, 0.1) is 26.2 Å². The summed E-state index contributed by atoms with van der Waals surface area (Å²) in [5, 5.41) is 3.83. The molecule has 1 rings (SSSR count). The Hall–Kier alpha value is -0.820. The van der Waals surface area contributed by atoms with Crippen molar-refractivity contribution in [3.05, 3.63) is 34.4 Å². The molecule has 0 spiro atoms. The van der Waals surface area contributed by atoms with E-state index in [0.29, 0.717) is 11.5 Å². The fraction of sp³-hybridized carbons (Fsp3) is 0.684. The summed E-state index contributed by atoms with van der Waals surface area (Å²) in [5.74, 6) is 0. The number of rotatable bonds is 4. The van der Waals surface area contributed by atoms with Crippen LogP contribution in [-0.4, -0.2) is 5.54 Å². The maximum Gasteiger partial charge on any atom is 0.0301 e. The first-order valence-corrected chi connectivity index (χ1v) is 7.77. The molecule has 1 aromatic carbocycles. The summed E-state index contributed by atoms with van der Waals surface area (Å²) in [6.07, 6.45) is 1.16. The third-order valence-corrected chi connectivity index (χ3v) is 3.75. The normalized spacial score (nSPS) is 14.4. The molecular formula is C19H33N. The maximum atomic E-state index is 3.83. The summed E-state index contributed by atoms with van der Waals surface area (Å²) in [5.41, 5.74) is 6.08. The number of aryl methyl sites for hydroxylation is 3. The molecular weight excluding hydrogens is 242 g/mol. The van der Waals surface area contributed by atoms with Crippen LogP contribution < -0.4 is 5.32 Å². The van der Waals surface area contributed by atoms with Crippen LogP contribution in [0.2, 0.25) is 0 Å². The highest BCUT2D eigenvalue weighted by Gasteiger charge is 2.27. The van der Waals surface area contributed by atoms with Gasteiger partial charge in [-0.15, -0.1) is 0 Å². The largest absolute Gasteiger partial charge is 0.305 e. The zero-order valence-corrected chi connectivity index (χ0v) is 14.9. The van der Waals surface area contributed by atoms with Gasteiger partial charge in [0.25, 0.3) is 0 Å². The van der Waals surface area contributed by atoms with Gasteiger partial charge in [0.1, 0.15) is 0 Å². The van der Waals surface area contributed by atoms with Gasteiger partial charge in [-0.3, -0.25) is 0 Å². The van der Waals surface area contributed by atoms with Crippen LogP contribution in [-0.2, 0) is 0 Å². The summed E-state index contributed by atoms with van der Waals surface area (Å²) in [4.78, 5) is 0. The molecule has 0 fully saturated rings. The van der Waals surface area contributed by atoms with E-state index in [1.807, 2.05) is 0 Å². The van der Waals surface area contributed by atoms with Crippen molar-refractivity contribution in [1.82, 2.24) is 5.32 Å². The minimum absolute atomic E-state index is 0.140. The summed E-state index contributed by atoms with van der Waals surface area (Å²) < 4.78 is 0. The second-order valence-electron chi connectivity index (χ2n) is 8.30. The Morgan fingerprint density at radius 3 is 1.80 bits per heavy atom. The quantitative estimate of drug-likeness (QED) is 0.767. The number of hydrogen-bond acceptors (Lipinski definition) is 1. The number of benzene rings is 1. The Morgan fingerprint density at radius 2 is 1.40 bits per heavy atom.